The number of fused-ring (bicyclic) bond motifs is 6. The Morgan fingerprint density at radius 2 is 1.36 bits per heavy atom. The first-order chi connectivity index (χ1) is 30.9. The molecule has 374 valence electrons. The molecule has 19 atom stereocenters. The molecule has 0 aromatic rings. The molecule has 0 aromatic heterocycles. The number of carbonyl (C=O) groups is 1. The highest BCUT2D eigenvalue weighted by Gasteiger charge is 2.69. The normalized spacial score (nSPS) is 44.9. The zero-order valence-corrected chi connectivity index (χ0v) is 44.6. The van der Waals surface area contributed by atoms with Gasteiger partial charge >= 0.3 is 0 Å². The van der Waals surface area contributed by atoms with Crippen LogP contribution in [0, 0.1) is 11.8 Å². The van der Waals surface area contributed by atoms with Gasteiger partial charge in [-0.1, -0.05) is 61.6 Å². The van der Waals surface area contributed by atoms with E-state index in [1.54, 1.807) is 7.11 Å². The van der Waals surface area contributed by atoms with Crippen molar-refractivity contribution in [2.24, 2.45) is 11.8 Å². The molecule has 10 heterocycles. The van der Waals surface area contributed by atoms with Crippen molar-refractivity contribution in [3.8, 4) is 0 Å². The number of hydrogen-bond donors (Lipinski definition) is 0. The van der Waals surface area contributed by atoms with E-state index in [0.717, 1.165) is 56.1 Å². The number of ketones is 1. The van der Waals surface area contributed by atoms with E-state index < -0.39 is 22.4 Å². The molecule has 10 aliphatic rings. The quantitative estimate of drug-likeness (QED) is 0.170. The number of hydrogen-bond acceptors (Lipinski definition) is 12. The lowest BCUT2D eigenvalue weighted by molar-refractivity contribution is -0.292. The molecule has 10 aliphatic heterocycles. The van der Waals surface area contributed by atoms with Gasteiger partial charge in [0.2, 0.25) is 0 Å². The average molecular weight is 959 g/mol. The maximum Gasteiger partial charge on any atom is 0.192 e. The summed E-state index contributed by atoms with van der Waals surface area (Å²) in [4.78, 5) is 14.6. The Bertz CT molecular complexity index is 1790. The van der Waals surface area contributed by atoms with Crippen molar-refractivity contribution in [2.45, 2.75) is 272 Å². The standard InChI is InChI=1S/C52H86O12Si2/c1-29-21-33-15-17-38-30(2)22-35(56-38)19-20-52-27-43-46(62-52)47-48(61-43)49(63-52)45-39(60-47)18-16-34(58-45)23-32(53)24-37-41(26-40(57-33)31(29)3)59-42(44(37)54-10)25-36(64-66(13,14)51(7,8)9)28-55-65(11,12)50(4,5)6/h29,33-49H,2-3,15-28H2,1,4-14H3/t29?,33-,34?,35?,36?,37?,38?,39?,40+,41-,42+,43?,44+,45-,46?,47-,48?,49?,52-/m0/s1. The highest BCUT2D eigenvalue weighted by atomic mass is 28.4. The molecule has 11 unspecified atom stereocenters. The van der Waals surface area contributed by atoms with Gasteiger partial charge in [0.15, 0.2) is 22.4 Å². The second-order valence-corrected chi connectivity index (χ2v) is 34.7. The SMILES string of the molecule is C=C1CC2CC[C@@]34CC5OC6C(O3)[C@H]3OC(CCC3O[C@H]6C5O4)CC(=O)CC3[C@H](C[C@H]4O[C@@H](CCC1O2)CC(C)C4=C)O[C@H](CC(CO[Si](C)(C)C(C)(C)C)O[Si](C)(C)C(C)(C)C)[C@@H]3OC. The van der Waals surface area contributed by atoms with Crippen LogP contribution in [-0.2, 0) is 56.3 Å². The molecule has 12 nitrogen and oxygen atoms in total. The van der Waals surface area contributed by atoms with Crippen LogP contribution in [0.2, 0.25) is 36.3 Å². The molecule has 0 aliphatic carbocycles. The van der Waals surface area contributed by atoms with Gasteiger partial charge in [-0.15, -0.1) is 0 Å². The summed E-state index contributed by atoms with van der Waals surface area (Å²) in [5.41, 5.74) is 2.25. The highest BCUT2D eigenvalue weighted by Crippen LogP contribution is 2.55. The van der Waals surface area contributed by atoms with E-state index in [9.17, 15) is 4.79 Å². The molecule has 10 rings (SSSR count). The molecule has 0 saturated carbocycles. The Morgan fingerprint density at radius 1 is 0.697 bits per heavy atom. The molecule has 0 N–H and O–H groups in total. The first-order valence-corrected chi connectivity index (χ1v) is 31.8. The fourth-order valence-electron chi connectivity index (χ4n) is 12.4. The second kappa shape index (κ2) is 18.6. The summed E-state index contributed by atoms with van der Waals surface area (Å²) < 4.78 is 76.0. The van der Waals surface area contributed by atoms with Crippen LogP contribution in [-0.4, -0.2) is 140 Å². The van der Waals surface area contributed by atoms with Crippen LogP contribution in [0.5, 0.6) is 0 Å². The molecular weight excluding hydrogens is 873 g/mol. The van der Waals surface area contributed by atoms with Gasteiger partial charge in [0.05, 0.1) is 73.8 Å². The molecular formula is C52H86O12Si2. The maximum atomic E-state index is 14.6. The Hall–Kier alpha value is -0.856. The Kier molecular flexibility index (Phi) is 14.1. The number of carbonyl (C=O) groups excluding carboxylic acids is 1. The van der Waals surface area contributed by atoms with E-state index in [2.05, 4.69) is 87.8 Å². The topological polar surface area (TPSA) is 119 Å². The lowest BCUT2D eigenvalue weighted by Gasteiger charge is -2.47. The summed E-state index contributed by atoms with van der Waals surface area (Å²) in [5.74, 6) is -0.554. The molecule has 10 saturated heterocycles. The van der Waals surface area contributed by atoms with Gasteiger partial charge in [0.1, 0.15) is 36.3 Å². The molecule has 12 bridgehead atoms. The van der Waals surface area contributed by atoms with Crippen molar-refractivity contribution in [1.29, 1.82) is 0 Å². The largest absolute Gasteiger partial charge is 0.414 e. The average Bonchev–Trinajstić information content (AvgIpc) is 3.90. The van der Waals surface area contributed by atoms with Crippen molar-refractivity contribution in [3.05, 3.63) is 24.3 Å². The van der Waals surface area contributed by atoms with E-state index in [4.69, 9.17) is 51.5 Å². The molecule has 14 heteroatoms. The van der Waals surface area contributed by atoms with E-state index in [1.165, 1.54) is 0 Å². The minimum Gasteiger partial charge on any atom is -0.414 e. The van der Waals surface area contributed by atoms with Crippen LogP contribution in [0.25, 0.3) is 0 Å². The first kappa shape index (κ1) is 50.1. The van der Waals surface area contributed by atoms with Gasteiger partial charge in [-0.25, -0.2) is 0 Å². The highest BCUT2D eigenvalue weighted by molar-refractivity contribution is 6.74. The fourth-order valence-corrected chi connectivity index (χ4v) is 14.8. The van der Waals surface area contributed by atoms with Crippen molar-refractivity contribution in [2.75, 3.05) is 13.7 Å². The van der Waals surface area contributed by atoms with Gasteiger partial charge in [-0.3, -0.25) is 4.79 Å². The van der Waals surface area contributed by atoms with Crippen LogP contribution >= 0.6 is 0 Å². The third kappa shape index (κ3) is 9.87. The van der Waals surface area contributed by atoms with Crippen LogP contribution < -0.4 is 0 Å². The van der Waals surface area contributed by atoms with Gasteiger partial charge in [-0.05, 0) is 98.3 Å². The van der Waals surface area contributed by atoms with Crippen LogP contribution in [0.15, 0.2) is 24.3 Å². The first-order valence-electron chi connectivity index (χ1n) is 25.9. The summed E-state index contributed by atoms with van der Waals surface area (Å²) >= 11 is 0. The fraction of sp³-hybridized carbons (Fsp3) is 0.904. The monoisotopic (exact) mass is 959 g/mol. The summed E-state index contributed by atoms with van der Waals surface area (Å²) in [5, 5.41) is 0.0634. The van der Waals surface area contributed by atoms with Crippen LogP contribution in [0.3, 0.4) is 0 Å². The van der Waals surface area contributed by atoms with Crippen molar-refractivity contribution in [3.63, 3.8) is 0 Å². The molecule has 0 aromatic carbocycles. The third-order valence-corrected chi connectivity index (χ3v) is 27.4. The molecule has 1 spiro atoms. The molecule has 0 amide bonds. The summed E-state index contributed by atoms with van der Waals surface area (Å²) in [7, 11) is -2.55. The van der Waals surface area contributed by atoms with Crippen molar-refractivity contribution >= 4 is 22.4 Å². The predicted molar refractivity (Wildman–Crippen MR) is 256 cm³/mol. The minimum absolute atomic E-state index is 0.00884. The smallest absolute Gasteiger partial charge is 0.192 e. The van der Waals surface area contributed by atoms with Gasteiger partial charge in [0, 0.05) is 51.6 Å². The second-order valence-electron chi connectivity index (χ2n) is 25.1. The van der Waals surface area contributed by atoms with Crippen molar-refractivity contribution in [1.82, 2.24) is 0 Å². The number of Topliss-reactive ketones (excluding diaryl/α,β-unsaturated/α-hetero) is 1. The van der Waals surface area contributed by atoms with Crippen LogP contribution in [0.4, 0.5) is 0 Å². The Morgan fingerprint density at radius 3 is 2.09 bits per heavy atom. The van der Waals surface area contributed by atoms with E-state index in [1.807, 2.05) is 0 Å². The van der Waals surface area contributed by atoms with Gasteiger partial charge in [0.25, 0.3) is 0 Å². The minimum atomic E-state index is -2.22. The van der Waals surface area contributed by atoms with E-state index >= 15 is 0 Å². The Balaban J connectivity index is 0.993. The zero-order valence-electron chi connectivity index (χ0n) is 42.6. The predicted octanol–water partition coefficient (Wildman–Crippen LogP) is 9.53. The number of ether oxygens (including phenoxy) is 9. The lowest BCUT2D eigenvalue weighted by Crippen LogP contribution is -2.61. The summed E-state index contributed by atoms with van der Waals surface area (Å²) in [6.07, 6.45) is 5.96. The third-order valence-electron chi connectivity index (χ3n) is 18.4. The number of methoxy groups -OCH3 is 1. The summed E-state index contributed by atoms with van der Waals surface area (Å²) in [6, 6.07) is 0. The van der Waals surface area contributed by atoms with Gasteiger partial charge < -0.3 is 51.5 Å². The van der Waals surface area contributed by atoms with Gasteiger partial charge in [-0.2, -0.15) is 0 Å². The van der Waals surface area contributed by atoms with E-state index in [-0.39, 0.29) is 125 Å². The van der Waals surface area contributed by atoms with Crippen LogP contribution in [0.1, 0.15) is 132 Å². The molecule has 66 heavy (non-hydrogen) atoms. The summed E-state index contributed by atoms with van der Waals surface area (Å²) in [6.45, 7) is 34.8. The lowest BCUT2D eigenvalue weighted by atomic mass is 9.81. The van der Waals surface area contributed by atoms with E-state index in [0.29, 0.717) is 45.1 Å². The van der Waals surface area contributed by atoms with Crippen molar-refractivity contribution < 1.29 is 56.3 Å². The molecule has 0 radical (unpaired) electrons. The zero-order chi connectivity index (χ0) is 47.3. The molecule has 10 fully saturated rings. The maximum absolute atomic E-state index is 14.6. The number of rotatable bonds is 8. The Labute approximate surface area is 398 Å².